The van der Waals surface area contributed by atoms with Gasteiger partial charge in [-0.3, -0.25) is 14.4 Å². The van der Waals surface area contributed by atoms with Gasteiger partial charge in [0.25, 0.3) is 0 Å². The second-order valence-corrected chi connectivity index (χ2v) is 11.6. The molecular formula is C34H42O6. The first-order chi connectivity index (χ1) is 18.7. The topological polar surface area (TPSA) is 78.9 Å². The Morgan fingerprint density at radius 1 is 0.825 bits per heavy atom. The largest absolute Gasteiger partial charge is 0.493 e. The molecule has 0 unspecified atom stereocenters. The van der Waals surface area contributed by atoms with E-state index in [-0.39, 0.29) is 17.7 Å². The van der Waals surface area contributed by atoms with Gasteiger partial charge in [-0.05, 0) is 109 Å². The van der Waals surface area contributed by atoms with Crippen LogP contribution in [-0.4, -0.2) is 24.3 Å². The number of rotatable bonds is 12. The summed E-state index contributed by atoms with van der Waals surface area (Å²) in [6.07, 6.45) is 8.27. The van der Waals surface area contributed by atoms with E-state index in [1.54, 1.807) is 84.0 Å². The average molecular weight is 547 g/mol. The molecule has 0 amide bonds. The summed E-state index contributed by atoms with van der Waals surface area (Å²) >= 11 is 0. The van der Waals surface area contributed by atoms with E-state index in [1.165, 1.54) is 6.08 Å². The number of benzene rings is 2. The van der Waals surface area contributed by atoms with Crippen LogP contribution < -0.4 is 14.2 Å². The molecule has 40 heavy (non-hydrogen) atoms. The van der Waals surface area contributed by atoms with Crippen LogP contribution in [0.1, 0.15) is 81.9 Å². The number of hydrogen-bond acceptors (Lipinski definition) is 6. The third-order valence-electron chi connectivity index (χ3n) is 5.78. The zero-order valence-electron chi connectivity index (χ0n) is 24.9. The molecule has 0 aliphatic heterocycles. The Morgan fingerprint density at radius 3 is 1.93 bits per heavy atom. The summed E-state index contributed by atoms with van der Waals surface area (Å²) in [5, 5.41) is 0. The lowest BCUT2D eigenvalue weighted by Crippen LogP contribution is -2.26. The molecular weight excluding hydrogens is 504 g/mol. The van der Waals surface area contributed by atoms with Crippen molar-refractivity contribution < 1.29 is 28.6 Å². The molecule has 0 heterocycles. The van der Waals surface area contributed by atoms with Crippen LogP contribution in [0.5, 0.6) is 17.2 Å². The van der Waals surface area contributed by atoms with Crippen LogP contribution in [0.3, 0.4) is 0 Å². The Bertz CT molecular complexity index is 1270. The second-order valence-electron chi connectivity index (χ2n) is 11.6. The van der Waals surface area contributed by atoms with Crippen molar-refractivity contribution in [3.63, 3.8) is 0 Å². The summed E-state index contributed by atoms with van der Waals surface area (Å²) in [6.45, 7) is 20.9. The Morgan fingerprint density at radius 2 is 1.40 bits per heavy atom. The van der Waals surface area contributed by atoms with Crippen molar-refractivity contribution in [3.8, 4) is 17.2 Å². The average Bonchev–Trinajstić information content (AvgIpc) is 2.88. The molecule has 2 aromatic rings. The van der Waals surface area contributed by atoms with Crippen LogP contribution in [0, 0.1) is 10.8 Å². The highest BCUT2D eigenvalue weighted by molar-refractivity contribution is 6.07. The fourth-order valence-electron chi connectivity index (χ4n) is 3.51. The molecule has 2 aromatic carbocycles. The van der Waals surface area contributed by atoms with Gasteiger partial charge in [-0.15, -0.1) is 13.2 Å². The molecule has 0 atom stereocenters. The van der Waals surface area contributed by atoms with Gasteiger partial charge in [0.1, 0.15) is 17.2 Å². The normalized spacial score (nSPS) is 11.7. The number of ether oxygens (including phenoxy) is 3. The van der Waals surface area contributed by atoms with Gasteiger partial charge in [0.15, 0.2) is 5.78 Å². The number of carbonyl (C=O) groups is 3. The molecule has 2 rings (SSSR count). The summed E-state index contributed by atoms with van der Waals surface area (Å²) in [5.41, 5.74) is 1.23. The van der Waals surface area contributed by atoms with Gasteiger partial charge in [-0.2, -0.15) is 0 Å². The van der Waals surface area contributed by atoms with Gasteiger partial charge >= 0.3 is 11.9 Å². The molecule has 0 N–H and O–H groups in total. The molecule has 0 saturated heterocycles. The molecule has 0 aromatic heterocycles. The van der Waals surface area contributed by atoms with Crippen LogP contribution >= 0.6 is 0 Å². The van der Waals surface area contributed by atoms with Crippen LogP contribution in [0.2, 0.25) is 0 Å². The summed E-state index contributed by atoms with van der Waals surface area (Å²) in [7, 11) is 0. The van der Waals surface area contributed by atoms with Crippen LogP contribution in [0.25, 0.3) is 6.08 Å². The third kappa shape index (κ3) is 8.80. The summed E-state index contributed by atoms with van der Waals surface area (Å²) in [4.78, 5) is 38.1. The smallest absolute Gasteiger partial charge is 0.316 e. The van der Waals surface area contributed by atoms with Crippen molar-refractivity contribution in [2.24, 2.45) is 10.8 Å². The first-order valence-electron chi connectivity index (χ1n) is 13.5. The van der Waals surface area contributed by atoms with Crippen LogP contribution in [0.15, 0.2) is 61.7 Å². The first-order valence-corrected chi connectivity index (χ1v) is 13.5. The minimum atomic E-state index is -0.701. The van der Waals surface area contributed by atoms with Crippen molar-refractivity contribution in [2.75, 3.05) is 6.61 Å². The monoisotopic (exact) mass is 546 g/mol. The highest BCUT2D eigenvalue weighted by atomic mass is 16.5. The Kier molecular flexibility index (Phi) is 11.2. The Hall–Kier alpha value is -3.93. The molecule has 0 aliphatic carbocycles. The van der Waals surface area contributed by atoms with E-state index in [1.807, 2.05) is 13.0 Å². The van der Waals surface area contributed by atoms with Gasteiger partial charge in [0.05, 0.1) is 17.4 Å². The SMILES string of the molecule is C=CCc1cc(/C=C/C(=O)c2ccc(OC(=O)C(C)(C)C)cc2)c(OCCC)c(CC=C)c1OC(=O)C(C)(C)C. The predicted molar refractivity (Wildman–Crippen MR) is 160 cm³/mol. The highest BCUT2D eigenvalue weighted by Gasteiger charge is 2.28. The van der Waals surface area contributed by atoms with Gasteiger partial charge in [-0.25, -0.2) is 0 Å². The minimum Gasteiger partial charge on any atom is -0.493 e. The van der Waals surface area contributed by atoms with Crippen LogP contribution in [0.4, 0.5) is 0 Å². The maximum absolute atomic E-state index is 13.0. The molecule has 0 saturated carbocycles. The molecule has 0 fully saturated rings. The lowest BCUT2D eigenvalue weighted by Gasteiger charge is -2.23. The van der Waals surface area contributed by atoms with Crippen molar-refractivity contribution in [3.05, 3.63) is 84.0 Å². The van der Waals surface area contributed by atoms with Crippen molar-refractivity contribution >= 4 is 23.8 Å². The fraction of sp³-hybridized carbons (Fsp3) is 0.382. The molecule has 6 nitrogen and oxygen atoms in total. The Balaban J connectivity index is 2.51. The first kappa shape index (κ1) is 32.3. The summed E-state index contributed by atoms with van der Waals surface area (Å²) in [6, 6.07) is 8.30. The number of ketones is 1. The zero-order valence-corrected chi connectivity index (χ0v) is 24.9. The third-order valence-corrected chi connectivity index (χ3v) is 5.78. The van der Waals surface area contributed by atoms with Crippen molar-refractivity contribution in [1.29, 1.82) is 0 Å². The molecule has 0 spiro atoms. The maximum atomic E-state index is 13.0. The van der Waals surface area contributed by atoms with E-state index in [9.17, 15) is 14.4 Å². The van der Waals surface area contributed by atoms with Crippen molar-refractivity contribution in [2.45, 2.75) is 67.7 Å². The number of hydrogen-bond donors (Lipinski definition) is 0. The Labute approximate surface area is 238 Å². The van der Waals surface area contributed by atoms with E-state index < -0.39 is 10.8 Å². The van der Waals surface area contributed by atoms with Crippen molar-refractivity contribution in [1.82, 2.24) is 0 Å². The second kappa shape index (κ2) is 13.9. The number of carbonyl (C=O) groups excluding carboxylic acids is 3. The fourth-order valence-corrected chi connectivity index (χ4v) is 3.51. The number of allylic oxidation sites excluding steroid dienone is 3. The van der Waals surface area contributed by atoms with E-state index in [2.05, 4.69) is 13.2 Å². The van der Waals surface area contributed by atoms with E-state index in [0.29, 0.717) is 53.4 Å². The standard InChI is InChI=1S/C34H42O6/c1-10-13-24-22-25(17-20-28(35)23-15-18-26(19-16-23)39-31(36)33(4,5)6)29(38-21-12-3)27(14-11-2)30(24)40-32(37)34(7,8)9/h10-11,15-20,22H,1-2,12-14,21H2,3-9H3/b20-17+. The summed E-state index contributed by atoms with van der Waals surface area (Å²) in [5.74, 6) is 0.413. The molecule has 0 radical (unpaired) electrons. The predicted octanol–water partition coefficient (Wildman–Crippen LogP) is 7.73. The lowest BCUT2D eigenvalue weighted by molar-refractivity contribution is -0.143. The van der Waals surface area contributed by atoms with E-state index >= 15 is 0 Å². The lowest BCUT2D eigenvalue weighted by atomic mass is 9.95. The maximum Gasteiger partial charge on any atom is 0.316 e. The quantitative estimate of drug-likeness (QED) is 0.0891. The number of esters is 2. The van der Waals surface area contributed by atoms with Gasteiger partial charge < -0.3 is 14.2 Å². The van der Waals surface area contributed by atoms with E-state index in [0.717, 1.165) is 12.0 Å². The molecule has 214 valence electrons. The van der Waals surface area contributed by atoms with Crippen LogP contribution in [-0.2, 0) is 22.4 Å². The summed E-state index contributed by atoms with van der Waals surface area (Å²) < 4.78 is 17.5. The van der Waals surface area contributed by atoms with Gasteiger partial charge in [0.2, 0.25) is 0 Å². The zero-order chi connectivity index (χ0) is 30.1. The van der Waals surface area contributed by atoms with Gasteiger partial charge in [0, 0.05) is 16.7 Å². The highest BCUT2D eigenvalue weighted by Crippen LogP contribution is 2.39. The van der Waals surface area contributed by atoms with Gasteiger partial charge in [-0.1, -0.05) is 19.1 Å². The minimum absolute atomic E-state index is 0.228. The molecule has 0 bridgehead atoms. The molecule has 0 aliphatic rings. The van der Waals surface area contributed by atoms with E-state index in [4.69, 9.17) is 14.2 Å². The molecule has 6 heteroatoms.